The van der Waals surface area contributed by atoms with Gasteiger partial charge in [-0.15, -0.1) is 0 Å². The molecule has 0 spiro atoms. The predicted octanol–water partition coefficient (Wildman–Crippen LogP) is 2.62. The van der Waals surface area contributed by atoms with Gasteiger partial charge in [-0.3, -0.25) is 0 Å². The summed E-state index contributed by atoms with van der Waals surface area (Å²) < 4.78 is 5.77. The maximum Gasteiger partial charge on any atom is 0.0704 e. The molecule has 0 bridgehead atoms. The molecule has 1 saturated heterocycles. The molecule has 0 radical (unpaired) electrons. The van der Waals surface area contributed by atoms with Crippen LogP contribution in [0.4, 0.5) is 0 Å². The lowest BCUT2D eigenvalue weighted by Crippen LogP contribution is -2.40. The Labute approximate surface area is 74.8 Å². The summed E-state index contributed by atoms with van der Waals surface area (Å²) >= 11 is 0. The van der Waals surface area contributed by atoms with E-state index in [1.54, 1.807) is 0 Å². The molecular weight excluding hydrogens is 150 g/mol. The molecule has 70 valence electrons. The Hall–Kier alpha value is -0.370. The lowest BCUT2D eigenvalue weighted by atomic mass is 9.80. The summed E-state index contributed by atoms with van der Waals surface area (Å²) in [4.78, 5) is 0. The van der Waals surface area contributed by atoms with Crippen molar-refractivity contribution in [3.63, 3.8) is 0 Å². The van der Waals surface area contributed by atoms with Gasteiger partial charge >= 0.3 is 0 Å². The van der Waals surface area contributed by atoms with E-state index in [0.29, 0.717) is 5.41 Å². The van der Waals surface area contributed by atoms with Crippen LogP contribution in [-0.4, -0.2) is 18.4 Å². The quantitative estimate of drug-likeness (QED) is 0.633. The first-order valence-corrected chi connectivity index (χ1v) is 4.60. The van der Waals surface area contributed by atoms with E-state index in [0.717, 1.165) is 19.4 Å². The average molecular weight is 169 g/mol. The molecule has 0 aliphatic carbocycles. The van der Waals surface area contributed by atoms with Crippen LogP contribution in [0.1, 0.15) is 40.0 Å². The molecule has 0 saturated carbocycles. The van der Waals surface area contributed by atoms with E-state index in [2.05, 4.69) is 20.8 Å². The second-order valence-corrected chi connectivity index (χ2v) is 4.81. The van der Waals surface area contributed by atoms with E-state index in [-0.39, 0.29) is 5.60 Å². The van der Waals surface area contributed by atoms with Gasteiger partial charge in [-0.2, -0.15) is 0 Å². The lowest BCUT2D eigenvalue weighted by molar-refractivity contribution is -0.108. The molecule has 0 aromatic carbocycles. The molecule has 1 N–H and O–H groups in total. The van der Waals surface area contributed by atoms with Gasteiger partial charge in [0.15, 0.2) is 0 Å². The van der Waals surface area contributed by atoms with Crippen molar-refractivity contribution < 1.29 is 4.74 Å². The van der Waals surface area contributed by atoms with Gasteiger partial charge in [0.1, 0.15) is 0 Å². The summed E-state index contributed by atoms with van der Waals surface area (Å²) in [6.45, 7) is 7.40. The molecule has 1 atom stereocenters. The normalized spacial score (nSPS) is 34.6. The molecule has 1 rings (SSSR count). The summed E-state index contributed by atoms with van der Waals surface area (Å²) in [7, 11) is 0. The first kappa shape index (κ1) is 9.72. The minimum absolute atomic E-state index is 0.0583. The summed E-state index contributed by atoms with van der Waals surface area (Å²) in [6.07, 6.45) is 4.49. The first-order chi connectivity index (χ1) is 5.47. The van der Waals surface area contributed by atoms with Gasteiger partial charge in [-0.05, 0) is 31.4 Å². The van der Waals surface area contributed by atoms with Crippen molar-refractivity contribution in [1.29, 1.82) is 5.41 Å². The van der Waals surface area contributed by atoms with E-state index in [1.807, 2.05) is 0 Å². The second kappa shape index (κ2) is 3.17. The highest BCUT2D eigenvalue weighted by Gasteiger charge is 2.34. The Balaban J connectivity index is 2.49. The Morgan fingerprint density at radius 3 is 2.42 bits per heavy atom. The fourth-order valence-electron chi connectivity index (χ4n) is 1.49. The maximum absolute atomic E-state index is 7.06. The van der Waals surface area contributed by atoms with Crippen LogP contribution in [0.3, 0.4) is 0 Å². The summed E-state index contributed by atoms with van der Waals surface area (Å²) in [5, 5.41) is 7.06. The van der Waals surface area contributed by atoms with Crippen molar-refractivity contribution in [2.75, 3.05) is 6.61 Å². The number of ether oxygens (including phenoxy) is 1. The van der Waals surface area contributed by atoms with Gasteiger partial charge in [-0.25, -0.2) is 0 Å². The highest BCUT2D eigenvalue weighted by Crippen LogP contribution is 2.36. The molecule has 0 aromatic rings. The van der Waals surface area contributed by atoms with E-state index in [4.69, 9.17) is 10.1 Å². The van der Waals surface area contributed by atoms with Gasteiger partial charge in [-0.1, -0.05) is 13.8 Å². The van der Waals surface area contributed by atoms with Crippen LogP contribution >= 0.6 is 0 Å². The molecule has 1 unspecified atom stereocenters. The molecular formula is C10H19NO. The minimum Gasteiger partial charge on any atom is -0.374 e. The number of nitrogens with one attached hydrogen (secondary N) is 1. The predicted molar refractivity (Wildman–Crippen MR) is 50.8 cm³/mol. The molecule has 2 nitrogen and oxygen atoms in total. The minimum atomic E-state index is -0.0583. The summed E-state index contributed by atoms with van der Waals surface area (Å²) in [6, 6.07) is 0. The summed E-state index contributed by atoms with van der Waals surface area (Å²) in [5.74, 6) is 0. The molecule has 1 fully saturated rings. The molecule has 1 aliphatic rings. The Kier molecular flexibility index (Phi) is 2.57. The van der Waals surface area contributed by atoms with E-state index in [1.165, 1.54) is 12.6 Å². The third-order valence-corrected chi connectivity index (χ3v) is 2.68. The van der Waals surface area contributed by atoms with Crippen LogP contribution in [0.15, 0.2) is 0 Å². The van der Waals surface area contributed by atoms with Crippen LogP contribution < -0.4 is 0 Å². The number of hydrogen-bond donors (Lipinski definition) is 1. The third-order valence-electron chi connectivity index (χ3n) is 2.68. The topological polar surface area (TPSA) is 33.1 Å². The van der Waals surface area contributed by atoms with Crippen molar-refractivity contribution in [2.45, 2.75) is 45.6 Å². The summed E-state index contributed by atoms with van der Waals surface area (Å²) in [5.41, 5.74) is 0.277. The van der Waals surface area contributed by atoms with Gasteiger partial charge < -0.3 is 10.1 Å². The molecule has 1 heterocycles. The molecule has 1 aliphatic heterocycles. The van der Waals surface area contributed by atoms with E-state index < -0.39 is 0 Å². The molecule has 0 amide bonds. The smallest absolute Gasteiger partial charge is 0.0704 e. The van der Waals surface area contributed by atoms with Crippen molar-refractivity contribution in [3.8, 4) is 0 Å². The average Bonchev–Trinajstić information content (AvgIpc) is 1.98. The molecule has 12 heavy (non-hydrogen) atoms. The first-order valence-electron chi connectivity index (χ1n) is 4.60. The Bertz CT molecular complexity index is 165. The number of hydrogen-bond acceptors (Lipinski definition) is 2. The van der Waals surface area contributed by atoms with Crippen LogP contribution in [-0.2, 0) is 4.74 Å². The van der Waals surface area contributed by atoms with Crippen LogP contribution in [0.25, 0.3) is 0 Å². The third kappa shape index (κ3) is 2.31. The highest BCUT2D eigenvalue weighted by molar-refractivity contribution is 5.54. The zero-order valence-corrected chi connectivity index (χ0v) is 8.31. The zero-order chi connectivity index (χ0) is 9.24. The fraction of sp³-hybridized carbons (Fsp3) is 0.900. The SMILES string of the molecule is CC1(C)CCC(C)(CC=N)OC1. The van der Waals surface area contributed by atoms with E-state index >= 15 is 0 Å². The van der Waals surface area contributed by atoms with Crippen molar-refractivity contribution >= 4 is 6.21 Å². The lowest BCUT2D eigenvalue weighted by Gasteiger charge is -2.40. The fourth-order valence-corrected chi connectivity index (χ4v) is 1.49. The van der Waals surface area contributed by atoms with Gasteiger partial charge in [0, 0.05) is 6.42 Å². The van der Waals surface area contributed by atoms with Crippen LogP contribution in [0, 0.1) is 10.8 Å². The maximum atomic E-state index is 7.06. The van der Waals surface area contributed by atoms with Crippen LogP contribution in [0.5, 0.6) is 0 Å². The van der Waals surface area contributed by atoms with Crippen molar-refractivity contribution in [2.24, 2.45) is 5.41 Å². The standard InChI is InChI=1S/C10H19NO/c1-9(2)4-5-10(3,6-7-11)12-8-9/h7,11H,4-6,8H2,1-3H3. The molecule has 0 aromatic heterocycles. The Morgan fingerprint density at radius 2 is 2.00 bits per heavy atom. The van der Waals surface area contributed by atoms with E-state index in [9.17, 15) is 0 Å². The van der Waals surface area contributed by atoms with Crippen LogP contribution in [0.2, 0.25) is 0 Å². The number of rotatable bonds is 2. The monoisotopic (exact) mass is 169 g/mol. The van der Waals surface area contributed by atoms with Crippen molar-refractivity contribution in [3.05, 3.63) is 0 Å². The van der Waals surface area contributed by atoms with Gasteiger partial charge in [0.25, 0.3) is 0 Å². The van der Waals surface area contributed by atoms with Gasteiger partial charge in [0.05, 0.1) is 12.2 Å². The highest BCUT2D eigenvalue weighted by atomic mass is 16.5. The Morgan fingerprint density at radius 1 is 1.33 bits per heavy atom. The second-order valence-electron chi connectivity index (χ2n) is 4.81. The van der Waals surface area contributed by atoms with Crippen molar-refractivity contribution in [1.82, 2.24) is 0 Å². The molecule has 2 heteroatoms. The largest absolute Gasteiger partial charge is 0.374 e. The zero-order valence-electron chi connectivity index (χ0n) is 8.31. The van der Waals surface area contributed by atoms with Gasteiger partial charge in [0.2, 0.25) is 0 Å².